The minimum atomic E-state index is -4.34. The van der Waals surface area contributed by atoms with Gasteiger partial charge in [-0.2, -0.15) is 17.5 Å². The maximum absolute atomic E-state index is 12.0. The van der Waals surface area contributed by atoms with Crippen LogP contribution in [0.15, 0.2) is 0 Å². The summed E-state index contributed by atoms with van der Waals surface area (Å²) in [6.45, 7) is 1.51. The molecule has 0 aromatic rings. The number of hydrogen-bond acceptors (Lipinski definition) is 4. The number of nitrogens with zero attached hydrogens (tertiary/aromatic N) is 2. The van der Waals surface area contributed by atoms with E-state index in [0.29, 0.717) is 19.6 Å². The minimum Gasteiger partial charge on any atom is -0.481 e. The van der Waals surface area contributed by atoms with Gasteiger partial charge in [0, 0.05) is 39.1 Å². The lowest BCUT2D eigenvalue weighted by molar-refractivity contribution is -0.137. The molecule has 0 bridgehead atoms. The van der Waals surface area contributed by atoms with Crippen LogP contribution in [0.3, 0.4) is 0 Å². The number of carboxylic acid groups (broad SMARTS) is 1. The van der Waals surface area contributed by atoms with Gasteiger partial charge in [0.05, 0.1) is 12.2 Å². The lowest BCUT2D eigenvalue weighted by Gasteiger charge is -2.33. The van der Waals surface area contributed by atoms with Gasteiger partial charge in [-0.05, 0) is 6.42 Å². The summed E-state index contributed by atoms with van der Waals surface area (Å²) in [7, 11) is -3.67. The van der Waals surface area contributed by atoms with Crippen LogP contribution in [0.4, 0.5) is 13.2 Å². The van der Waals surface area contributed by atoms with E-state index in [9.17, 15) is 26.4 Å². The van der Waals surface area contributed by atoms with E-state index >= 15 is 0 Å². The molecule has 124 valence electrons. The highest BCUT2D eigenvalue weighted by atomic mass is 32.2. The molecule has 0 amide bonds. The number of hydrogen-bond donors (Lipinski definition) is 1. The van der Waals surface area contributed by atoms with E-state index in [0.717, 1.165) is 0 Å². The second-order valence-corrected chi connectivity index (χ2v) is 7.01. The van der Waals surface area contributed by atoms with Gasteiger partial charge in [0.1, 0.15) is 0 Å². The lowest BCUT2D eigenvalue weighted by atomic mass is 10.3. The van der Waals surface area contributed by atoms with Crippen molar-refractivity contribution >= 4 is 16.0 Å². The zero-order valence-corrected chi connectivity index (χ0v) is 12.3. The van der Waals surface area contributed by atoms with Gasteiger partial charge in [-0.1, -0.05) is 0 Å². The van der Waals surface area contributed by atoms with Gasteiger partial charge >= 0.3 is 12.1 Å². The van der Waals surface area contributed by atoms with E-state index in [1.165, 1.54) is 4.31 Å². The van der Waals surface area contributed by atoms with Crippen molar-refractivity contribution in [2.75, 3.05) is 38.5 Å². The van der Waals surface area contributed by atoms with Gasteiger partial charge in [-0.3, -0.25) is 4.79 Å². The normalized spacial score (nSPS) is 18.8. The SMILES string of the molecule is O=C(O)CCN1CCN(S(=O)(=O)CCCC(F)(F)F)CC1. The van der Waals surface area contributed by atoms with Crippen LogP contribution < -0.4 is 0 Å². The Morgan fingerprint density at radius 1 is 1.14 bits per heavy atom. The molecule has 21 heavy (non-hydrogen) atoms. The van der Waals surface area contributed by atoms with Gasteiger partial charge < -0.3 is 10.0 Å². The van der Waals surface area contributed by atoms with Crippen molar-refractivity contribution in [2.45, 2.75) is 25.4 Å². The minimum absolute atomic E-state index is 0.0155. The number of aliphatic carboxylic acids is 1. The molecule has 0 unspecified atom stereocenters. The molecule has 0 saturated carbocycles. The van der Waals surface area contributed by atoms with Crippen molar-refractivity contribution in [3.63, 3.8) is 0 Å². The Bertz CT molecular complexity index is 445. The Balaban J connectivity index is 2.36. The van der Waals surface area contributed by atoms with Crippen LogP contribution in [-0.2, 0) is 14.8 Å². The third-order valence-corrected chi connectivity index (χ3v) is 5.19. The summed E-state index contributed by atoms with van der Waals surface area (Å²) in [5.41, 5.74) is 0. The fourth-order valence-electron chi connectivity index (χ4n) is 2.07. The van der Waals surface area contributed by atoms with Crippen molar-refractivity contribution < 1.29 is 31.5 Å². The van der Waals surface area contributed by atoms with Gasteiger partial charge in [0.15, 0.2) is 0 Å². The third kappa shape index (κ3) is 7.09. The molecule has 0 aromatic carbocycles. The molecule has 1 aliphatic rings. The van der Waals surface area contributed by atoms with Crippen LogP contribution >= 0.6 is 0 Å². The zero-order valence-electron chi connectivity index (χ0n) is 11.5. The molecule has 0 atom stereocenters. The zero-order chi connectivity index (χ0) is 16.1. The first-order valence-electron chi connectivity index (χ1n) is 6.59. The standard InChI is InChI=1S/C11H19F3N2O4S/c12-11(13,14)3-1-9-21(19,20)16-7-5-15(6-8-16)4-2-10(17)18/h1-9H2,(H,17,18). The molecule has 10 heteroatoms. The molecular weight excluding hydrogens is 313 g/mol. The van der Waals surface area contributed by atoms with Crippen molar-refractivity contribution in [3.05, 3.63) is 0 Å². The third-order valence-electron chi connectivity index (χ3n) is 3.23. The second-order valence-electron chi connectivity index (χ2n) is 4.92. The summed E-state index contributed by atoms with van der Waals surface area (Å²) in [5.74, 6) is -1.43. The lowest BCUT2D eigenvalue weighted by Crippen LogP contribution is -2.49. The summed E-state index contributed by atoms with van der Waals surface area (Å²) < 4.78 is 61.0. The number of rotatable bonds is 7. The van der Waals surface area contributed by atoms with Gasteiger partial charge in [0.2, 0.25) is 10.0 Å². The van der Waals surface area contributed by atoms with Crippen molar-refractivity contribution in [1.82, 2.24) is 9.21 Å². The Labute approximate surface area is 121 Å². The van der Waals surface area contributed by atoms with Crippen molar-refractivity contribution in [3.8, 4) is 0 Å². The molecule has 0 radical (unpaired) electrons. The Hall–Kier alpha value is -0.870. The maximum Gasteiger partial charge on any atom is 0.389 e. The fraction of sp³-hybridized carbons (Fsp3) is 0.909. The molecule has 1 aliphatic heterocycles. The van der Waals surface area contributed by atoms with Crippen LogP contribution in [0, 0.1) is 0 Å². The first kappa shape index (κ1) is 18.2. The molecule has 1 heterocycles. The van der Waals surface area contributed by atoms with E-state index in [-0.39, 0.29) is 19.5 Å². The monoisotopic (exact) mass is 332 g/mol. The molecular formula is C11H19F3N2O4S. The van der Waals surface area contributed by atoms with Gasteiger partial charge in [0.25, 0.3) is 0 Å². The Morgan fingerprint density at radius 2 is 1.71 bits per heavy atom. The number of carbonyl (C=O) groups is 1. The maximum atomic E-state index is 12.0. The van der Waals surface area contributed by atoms with Gasteiger partial charge in [-0.25, -0.2) is 8.42 Å². The van der Waals surface area contributed by atoms with Crippen LogP contribution in [-0.4, -0.2) is 73.4 Å². The molecule has 1 N–H and O–H groups in total. The molecule has 0 aliphatic carbocycles. The predicted octanol–water partition coefficient (Wildman–Crippen LogP) is 0.751. The van der Waals surface area contributed by atoms with Crippen LogP contribution in [0.1, 0.15) is 19.3 Å². The number of carboxylic acids is 1. The molecule has 1 fully saturated rings. The van der Waals surface area contributed by atoms with Crippen molar-refractivity contribution in [2.24, 2.45) is 0 Å². The van der Waals surface area contributed by atoms with E-state index in [1.54, 1.807) is 0 Å². The van der Waals surface area contributed by atoms with Gasteiger partial charge in [-0.15, -0.1) is 0 Å². The van der Waals surface area contributed by atoms with Crippen LogP contribution in [0.2, 0.25) is 0 Å². The van der Waals surface area contributed by atoms with Crippen LogP contribution in [0.25, 0.3) is 0 Å². The summed E-state index contributed by atoms with van der Waals surface area (Å²) in [6, 6.07) is 0. The largest absolute Gasteiger partial charge is 0.481 e. The number of halogens is 3. The summed E-state index contributed by atoms with van der Waals surface area (Å²) in [4.78, 5) is 12.3. The first-order chi connectivity index (χ1) is 9.60. The van der Waals surface area contributed by atoms with E-state index < -0.39 is 40.8 Å². The summed E-state index contributed by atoms with van der Waals surface area (Å²) in [5, 5.41) is 8.56. The topological polar surface area (TPSA) is 77.9 Å². The van der Waals surface area contributed by atoms with Crippen LogP contribution in [0.5, 0.6) is 0 Å². The second kappa shape index (κ2) is 7.41. The quantitative estimate of drug-likeness (QED) is 0.744. The molecule has 0 aromatic heterocycles. The highest BCUT2D eigenvalue weighted by Crippen LogP contribution is 2.22. The summed E-state index contributed by atoms with van der Waals surface area (Å²) in [6.07, 6.45) is -5.90. The first-order valence-corrected chi connectivity index (χ1v) is 8.20. The number of sulfonamides is 1. The molecule has 1 rings (SSSR count). The number of alkyl halides is 3. The van der Waals surface area contributed by atoms with Crippen molar-refractivity contribution in [1.29, 1.82) is 0 Å². The Morgan fingerprint density at radius 3 is 2.19 bits per heavy atom. The summed E-state index contributed by atoms with van der Waals surface area (Å²) >= 11 is 0. The Kier molecular flexibility index (Phi) is 6.41. The fourth-order valence-corrected chi connectivity index (χ4v) is 3.56. The smallest absolute Gasteiger partial charge is 0.389 e. The molecule has 0 spiro atoms. The van der Waals surface area contributed by atoms with E-state index in [4.69, 9.17) is 5.11 Å². The number of piperazine rings is 1. The highest BCUT2D eigenvalue weighted by Gasteiger charge is 2.30. The van der Waals surface area contributed by atoms with E-state index in [1.807, 2.05) is 4.90 Å². The average molecular weight is 332 g/mol. The highest BCUT2D eigenvalue weighted by molar-refractivity contribution is 7.89. The van der Waals surface area contributed by atoms with E-state index in [2.05, 4.69) is 0 Å². The molecule has 1 saturated heterocycles. The average Bonchev–Trinajstić information content (AvgIpc) is 2.35. The predicted molar refractivity (Wildman–Crippen MR) is 69.3 cm³/mol. The molecule has 6 nitrogen and oxygen atoms in total.